The van der Waals surface area contributed by atoms with Gasteiger partial charge in [0.05, 0.1) is 16.7 Å². The van der Waals surface area contributed by atoms with Crippen LogP contribution in [0.3, 0.4) is 0 Å². The van der Waals surface area contributed by atoms with Crippen LogP contribution in [0, 0.1) is 5.92 Å². The molecule has 0 bridgehead atoms. The Morgan fingerprint density at radius 2 is 2.11 bits per heavy atom. The number of carbonyl (C=O) groups is 1. The molecule has 1 aromatic rings. The number of halogens is 2. The van der Waals surface area contributed by atoms with Crippen molar-refractivity contribution in [1.82, 2.24) is 5.32 Å². The van der Waals surface area contributed by atoms with E-state index in [2.05, 4.69) is 5.32 Å². The zero-order valence-corrected chi connectivity index (χ0v) is 11.9. The lowest BCUT2D eigenvalue weighted by atomic mass is 10.0. The first-order valence-electron chi connectivity index (χ1n) is 5.87. The Bertz CT molecular complexity index is 423. The molecule has 100 valence electrons. The van der Waals surface area contributed by atoms with Gasteiger partial charge in [-0.05, 0) is 24.1 Å². The normalized spacial score (nSPS) is 14.1. The van der Waals surface area contributed by atoms with Crippen LogP contribution in [-0.2, 0) is 0 Å². The quantitative estimate of drug-likeness (QED) is 0.875. The molecule has 1 amide bonds. The molecule has 2 N–H and O–H groups in total. The maximum absolute atomic E-state index is 11.8. The van der Waals surface area contributed by atoms with Gasteiger partial charge in [0.15, 0.2) is 0 Å². The Labute approximate surface area is 117 Å². The highest BCUT2D eigenvalue weighted by molar-refractivity contribution is 6.36. The second kappa shape index (κ2) is 6.98. The highest BCUT2D eigenvalue weighted by Crippen LogP contribution is 2.20. The maximum atomic E-state index is 11.8. The highest BCUT2D eigenvalue weighted by Gasteiger charge is 2.15. The molecule has 0 aliphatic carbocycles. The van der Waals surface area contributed by atoms with Crippen molar-refractivity contribution in [2.24, 2.45) is 5.92 Å². The zero-order chi connectivity index (χ0) is 13.7. The summed E-state index contributed by atoms with van der Waals surface area (Å²) in [6.07, 6.45) is 0.309. The van der Waals surface area contributed by atoms with E-state index in [1.54, 1.807) is 12.1 Å². The Morgan fingerprint density at radius 1 is 1.44 bits per heavy atom. The predicted octanol–water partition coefficient (Wildman–Crippen LogP) is 3.13. The molecule has 0 aromatic heterocycles. The summed E-state index contributed by atoms with van der Waals surface area (Å²) in [5.41, 5.74) is 0.359. The molecule has 3 nitrogen and oxygen atoms in total. The van der Waals surface area contributed by atoms with E-state index < -0.39 is 6.10 Å². The number of rotatable bonds is 5. The molecule has 0 radical (unpaired) electrons. The van der Waals surface area contributed by atoms with Gasteiger partial charge in [-0.3, -0.25) is 4.79 Å². The van der Waals surface area contributed by atoms with Gasteiger partial charge in [0.2, 0.25) is 0 Å². The van der Waals surface area contributed by atoms with E-state index in [9.17, 15) is 9.90 Å². The van der Waals surface area contributed by atoms with Crippen molar-refractivity contribution in [1.29, 1.82) is 0 Å². The number of benzene rings is 1. The van der Waals surface area contributed by atoms with Crippen LogP contribution in [-0.4, -0.2) is 23.7 Å². The molecule has 0 saturated carbocycles. The lowest BCUT2D eigenvalue weighted by molar-refractivity contribution is 0.0850. The molecule has 18 heavy (non-hydrogen) atoms. The summed E-state index contributed by atoms with van der Waals surface area (Å²) in [5.74, 6) is -0.162. The third-order valence-corrected chi connectivity index (χ3v) is 3.50. The fourth-order valence-electron chi connectivity index (χ4n) is 1.44. The van der Waals surface area contributed by atoms with Crippen LogP contribution in [0.5, 0.6) is 0 Å². The Kier molecular flexibility index (Phi) is 5.93. The molecule has 0 aliphatic heterocycles. The van der Waals surface area contributed by atoms with Crippen LogP contribution in [0.15, 0.2) is 18.2 Å². The van der Waals surface area contributed by atoms with Crippen molar-refractivity contribution in [3.05, 3.63) is 33.8 Å². The van der Waals surface area contributed by atoms with Crippen molar-refractivity contribution in [2.45, 2.75) is 26.4 Å². The van der Waals surface area contributed by atoms with Gasteiger partial charge in [-0.15, -0.1) is 0 Å². The average Bonchev–Trinajstić information content (AvgIpc) is 2.34. The molecule has 0 saturated heterocycles. The van der Waals surface area contributed by atoms with Gasteiger partial charge in [-0.25, -0.2) is 0 Å². The molecule has 0 heterocycles. The first-order valence-corrected chi connectivity index (χ1v) is 6.62. The summed E-state index contributed by atoms with van der Waals surface area (Å²) in [5, 5.41) is 13.2. The smallest absolute Gasteiger partial charge is 0.252 e. The monoisotopic (exact) mass is 289 g/mol. The maximum Gasteiger partial charge on any atom is 0.252 e. The van der Waals surface area contributed by atoms with Gasteiger partial charge in [0, 0.05) is 11.6 Å². The Balaban J connectivity index is 2.60. The zero-order valence-electron chi connectivity index (χ0n) is 10.4. The van der Waals surface area contributed by atoms with Gasteiger partial charge in [0.25, 0.3) is 5.91 Å². The largest absolute Gasteiger partial charge is 0.391 e. The first kappa shape index (κ1) is 15.3. The van der Waals surface area contributed by atoms with Crippen molar-refractivity contribution < 1.29 is 9.90 Å². The molecular formula is C13H17Cl2NO2. The summed E-state index contributed by atoms with van der Waals surface area (Å²) in [6.45, 7) is 4.14. The van der Waals surface area contributed by atoms with Crippen molar-refractivity contribution >= 4 is 29.1 Å². The minimum atomic E-state index is -0.551. The summed E-state index contributed by atoms with van der Waals surface area (Å²) < 4.78 is 0. The van der Waals surface area contributed by atoms with E-state index in [1.807, 2.05) is 13.8 Å². The Hall–Kier alpha value is -0.770. The first-order chi connectivity index (χ1) is 8.45. The van der Waals surface area contributed by atoms with E-state index in [-0.39, 0.29) is 18.4 Å². The van der Waals surface area contributed by atoms with E-state index in [4.69, 9.17) is 23.2 Å². The molecule has 0 spiro atoms. The third kappa shape index (κ3) is 4.16. The van der Waals surface area contributed by atoms with Gasteiger partial charge < -0.3 is 10.4 Å². The minimum Gasteiger partial charge on any atom is -0.391 e. The van der Waals surface area contributed by atoms with Crippen molar-refractivity contribution in [2.75, 3.05) is 6.54 Å². The average molecular weight is 290 g/mol. The number of amides is 1. The lowest BCUT2D eigenvalue weighted by Crippen LogP contribution is -2.35. The SMILES string of the molecule is CCC(C)C(O)CNC(=O)c1ccc(Cl)cc1Cl. The number of hydrogen-bond donors (Lipinski definition) is 2. The molecule has 1 aromatic carbocycles. The van der Waals surface area contributed by atoms with Crippen LogP contribution in [0.2, 0.25) is 10.0 Å². The molecule has 0 fully saturated rings. The number of carbonyl (C=O) groups excluding carboxylic acids is 1. The minimum absolute atomic E-state index is 0.144. The summed E-state index contributed by atoms with van der Waals surface area (Å²) in [6, 6.07) is 4.69. The molecule has 2 unspecified atom stereocenters. The van der Waals surface area contributed by atoms with E-state index >= 15 is 0 Å². The van der Waals surface area contributed by atoms with E-state index in [1.165, 1.54) is 6.07 Å². The summed E-state index contributed by atoms with van der Waals surface area (Å²) >= 11 is 11.7. The van der Waals surface area contributed by atoms with Crippen molar-refractivity contribution in [3.8, 4) is 0 Å². The predicted molar refractivity (Wildman–Crippen MR) is 74.3 cm³/mol. The van der Waals surface area contributed by atoms with Crippen LogP contribution in [0.25, 0.3) is 0 Å². The molecule has 1 rings (SSSR count). The van der Waals surface area contributed by atoms with Gasteiger partial charge >= 0.3 is 0 Å². The van der Waals surface area contributed by atoms with E-state index in [0.717, 1.165) is 6.42 Å². The van der Waals surface area contributed by atoms with Gasteiger partial charge in [-0.1, -0.05) is 43.5 Å². The number of nitrogens with one attached hydrogen (secondary N) is 1. The highest BCUT2D eigenvalue weighted by atomic mass is 35.5. The standard InChI is InChI=1S/C13H17Cl2NO2/c1-3-8(2)12(17)7-16-13(18)10-5-4-9(14)6-11(10)15/h4-6,8,12,17H,3,7H2,1-2H3,(H,16,18). The summed E-state index contributed by atoms with van der Waals surface area (Å²) in [7, 11) is 0. The van der Waals surface area contributed by atoms with Crippen LogP contribution in [0.4, 0.5) is 0 Å². The lowest BCUT2D eigenvalue weighted by Gasteiger charge is -2.17. The second-order valence-corrected chi connectivity index (χ2v) is 5.13. The topological polar surface area (TPSA) is 49.3 Å². The third-order valence-electron chi connectivity index (χ3n) is 2.95. The number of aliphatic hydroxyl groups excluding tert-OH is 1. The molecule has 5 heteroatoms. The molecule has 0 aliphatic rings. The second-order valence-electron chi connectivity index (χ2n) is 4.29. The van der Waals surface area contributed by atoms with E-state index in [0.29, 0.717) is 15.6 Å². The fraction of sp³-hybridized carbons (Fsp3) is 0.462. The number of aliphatic hydroxyl groups is 1. The fourth-order valence-corrected chi connectivity index (χ4v) is 1.93. The summed E-state index contributed by atoms with van der Waals surface area (Å²) in [4.78, 5) is 11.8. The Morgan fingerprint density at radius 3 is 2.67 bits per heavy atom. The van der Waals surface area contributed by atoms with Gasteiger partial charge in [-0.2, -0.15) is 0 Å². The van der Waals surface area contributed by atoms with Crippen LogP contribution >= 0.6 is 23.2 Å². The van der Waals surface area contributed by atoms with Crippen molar-refractivity contribution in [3.63, 3.8) is 0 Å². The van der Waals surface area contributed by atoms with Gasteiger partial charge in [0.1, 0.15) is 0 Å². The number of hydrogen-bond acceptors (Lipinski definition) is 2. The van der Waals surface area contributed by atoms with Crippen LogP contribution in [0.1, 0.15) is 30.6 Å². The molecule has 2 atom stereocenters. The molecular weight excluding hydrogens is 273 g/mol. The van der Waals surface area contributed by atoms with Crippen LogP contribution < -0.4 is 5.32 Å².